The fraction of sp³-hybridized carbons (Fsp3) is 0.182. The first-order chi connectivity index (χ1) is 11.3. The summed E-state index contributed by atoms with van der Waals surface area (Å²) < 4.78 is 5.11. The Morgan fingerprint density at radius 2 is 1.35 bits per heavy atom. The summed E-state index contributed by atoms with van der Waals surface area (Å²) in [6, 6.07) is 16.1. The van der Waals surface area contributed by atoms with Gasteiger partial charge in [0.2, 0.25) is 0 Å². The molecule has 0 saturated carbocycles. The summed E-state index contributed by atoms with van der Waals surface area (Å²) in [4.78, 5) is 0. The van der Waals surface area contributed by atoms with E-state index in [1.54, 1.807) is 19.3 Å². The van der Waals surface area contributed by atoms with Crippen LogP contribution in [0.25, 0.3) is 0 Å². The Hall–Kier alpha value is -2.90. The fourth-order valence-corrected chi connectivity index (χ4v) is 2.05. The van der Waals surface area contributed by atoms with E-state index in [0.717, 1.165) is 23.3 Å². The molecule has 0 amide bonds. The maximum atomic E-state index is 5.11. The van der Waals surface area contributed by atoms with Crippen LogP contribution in [0.1, 0.15) is 30.0 Å². The highest BCUT2D eigenvalue weighted by Gasteiger charge is 1.90. The van der Waals surface area contributed by atoms with Gasteiger partial charge in [-0.25, -0.2) is 0 Å². The molecule has 2 rings (SSSR count). The molecule has 0 aliphatic carbocycles. The molecule has 0 aliphatic rings. The summed E-state index contributed by atoms with van der Waals surface area (Å²) in [6.45, 7) is 2.19. The van der Waals surface area contributed by atoms with E-state index in [9.17, 15) is 0 Å². The zero-order valence-electron chi connectivity index (χ0n) is 13.6. The topological polar surface area (TPSA) is 9.23 Å². The van der Waals surface area contributed by atoms with E-state index in [1.165, 1.54) is 12.0 Å². The van der Waals surface area contributed by atoms with Crippen molar-refractivity contribution in [2.24, 2.45) is 0 Å². The fourth-order valence-electron chi connectivity index (χ4n) is 2.05. The Bertz CT molecular complexity index is 757. The second-order valence-electron chi connectivity index (χ2n) is 5.05. The Kier molecular flexibility index (Phi) is 6.58. The van der Waals surface area contributed by atoms with Crippen LogP contribution in [0.15, 0.2) is 60.7 Å². The van der Waals surface area contributed by atoms with Gasteiger partial charge in [-0.05, 0) is 60.5 Å². The van der Waals surface area contributed by atoms with Crippen LogP contribution in [0, 0.1) is 23.7 Å². The lowest BCUT2D eigenvalue weighted by Crippen LogP contribution is -1.82. The normalized spacial score (nSPS) is 9.65. The van der Waals surface area contributed by atoms with Crippen molar-refractivity contribution < 1.29 is 4.74 Å². The molecule has 0 aromatic heterocycles. The summed E-state index contributed by atoms with van der Waals surface area (Å²) in [5, 5.41) is 0. The second kappa shape index (κ2) is 9.19. The van der Waals surface area contributed by atoms with Crippen LogP contribution in [-0.4, -0.2) is 7.11 Å². The highest BCUT2D eigenvalue weighted by atomic mass is 16.5. The number of aryl methyl sites for hydroxylation is 1. The molecular formula is C22H20O. The van der Waals surface area contributed by atoms with Gasteiger partial charge >= 0.3 is 0 Å². The van der Waals surface area contributed by atoms with E-state index in [0.29, 0.717) is 0 Å². The first kappa shape index (κ1) is 16.5. The lowest BCUT2D eigenvalue weighted by atomic mass is 10.1. The third kappa shape index (κ3) is 5.77. The molecule has 2 aromatic rings. The summed E-state index contributed by atoms with van der Waals surface area (Å²) in [7, 11) is 1.65. The van der Waals surface area contributed by atoms with Crippen molar-refractivity contribution in [3.63, 3.8) is 0 Å². The molecule has 2 aromatic carbocycles. The summed E-state index contributed by atoms with van der Waals surface area (Å²) in [5.74, 6) is 13.0. The van der Waals surface area contributed by atoms with Gasteiger partial charge in [0.1, 0.15) is 5.75 Å². The summed E-state index contributed by atoms with van der Waals surface area (Å²) >= 11 is 0. The van der Waals surface area contributed by atoms with Gasteiger partial charge in [0.15, 0.2) is 0 Å². The van der Waals surface area contributed by atoms with Crippen LogP contribution in [0.2, 0.25) is 0 Å². The standard InChI is InChI=1S/C22H20O/c1-3-8-19-11-13-20(14-12-19)9-6-4-5-7-10-21-15-17-22(23-2)18-16-21/h4-5,11-18H,3,8H2,1-2H3. The Labute approximate surface area is 139 Å². The van der Waals surface area contributed by atoms with E-state index in [2.05, 4.69) is 54.9 Å². The number of allylic oxidation sites excluding steroid dienone is 2. The first-order valence-corrected chi connectivity index (χ1v) is 7.73. The highest BCUT2D eigenvalue weighted by molar-refractivity contribution is 5.42. The van der Waals surface area contributed by atoms with Gasteiger partial charge in [0.05, 0.1) is 7.11 Å². The molecule has 1 nitrogen and oxygen atoms in total. The molecular weight excluding hydrogens is 280 g/mol. The minimum atomic E-state index is 0.835. The van der Waals surface area contributed by atoms with Crippen LogP contribution in [0.3, 0.4) is 0 Å². The molecule has 0 spiro atoms. The monoisotopic (exact) mass is 300 g/mol. The zero-order chi connectivity index (χ0) is 16.3. The van der Waals surface area contributed by atoms with Gasteiger partial charge in [0, 0.05) is 11.1 Å². The van der Waals surface area contributed by atoms with Gasteiger partial charge in [-0.15, -0.1) is 0 Å². The minimum Gasteiger partial charge on any atom is -0.497 e. The molecule has 23 heavy (non-hydrogen) atoms. The number of hydrogen-bond donors (Lipinski definition) is 0. The second-order valence-corrected chi connectivity index (χ2v) is 5.05. The summed E-state index contributed by atoms with van der Waals surface area (Å²) in [6.07, 6.45) is 5.83. The van der Waals surface area contributed by atoms with E-state index < -0.39 is 0 Å². The molecule has 114 valence electrons. The van der Waals surface area contributed by atoms with Crippen molar-refractivity contribution >= 4 is 0 Å². The number of ether oxygens (including phenoxy) is 1. The van der Waals surface area contributed by atoms with Crippen LogP contribution >= 0.6 is 0 Å². The SMILES string of the molecule is CCCc1ccc(C#CC=CC#Cc2ccc(OC)cc2)cc1. The molecule has 0 heterocycles. The Morgan fingerprint density at radius 1 is 0.826 bits per heavy atom. The van der Waals surface area contributed by atoms with Gasteiger partial charge in [0.25, 0.3) is 0 Å². The smallest absolute Gasteiger partial charge is 0.118 e. The predicted octanol–water partition coefficient (Wildman–Crippen LogP) is 4.61. The maximum absolute atomic E-state index is 5.11. The molecule has 0 aliphatic heterocycles. The highest BCUT2D eigenvalue weighted by Crippen LogP contribution is 2.10. The molecule has 0 radical (unpaired) electrons. The minimum absolute atomic E-state index is 0.835. The number of methoxy groups -OCH3 is 1. The quantitative estimate of drug-likeness (QED) is 0.752. The van der Waals surface area contributed by atoms with Crippen molar-refractivity contribution in [1.29, 1.82) is 0 Å². The Morgan fingerprint density at radius 3 is 1.83 bits per heavy atom. The van der Waals surface area contributed by atoms with E-state index in [-0.39, 0.29) is 0 Å². The maximum Gasteiger partial charge on any atom is 0.118 e. The number of rotatable bonds is 3. The first-order valence-electron chi connectivity index (χ1n) is 7.73. The average Bonchev–Trinajstić information content (AvgIpc) is 2.60. The molecule has 0 atom stereocenters. The average molecular weight is 300 g/mol. The predicted molar refractivity (Wildman–Crippen MR) is 96.3 cm³/mol. The van der Waals surface area contributed by atoms with Gasteiger partial charge in [-0.3, -0.25) is 0 Å². The van der Waals surface area contributed by atoms with Crippen molar-refractivity contribution in [3.8, 4) is 29.4 Å². The van der Waals surface area contributed by atoms with Crippen molar-refractivity contribution in [2.75, 3.05) is 7.11 Å². The number of benzene rings is 2. The van der Waals surface area contributed by atoms with Gasteiger partial charge < -0.3 is 4.74 Å². The van der Waals surface area contributed by atoms with Crippen LogP contribution in [0.5, 0.6) is 5.75 Å². The molecule has 0 saturated heterocycles. The third-order valence-corrected chi connectivity index (χ3v) is 3.27. The van der Waals surface area contributed by atoms with Gasteiger partial charge in [-0.2, -0.15) is 0 Å². The lowest BCUT2D eigenvalue weighted by molar-refractivity contribution is 0.415. The molecule has 0 fully saturated rings. The zero-order valence-corrected chi connectivity index (χ0v) is 13.6. The van der Waals surface area contributed by atoms with Crippen molar-refractivity contribution in [3.05, 3.63) is 77.4 Å². The molecule has 0 unspecified atom stereocenters. The van der Waals surface area contributed by atoms with Crippen LogP contribution < -0.4 is 4.74 Å². The third-order valence-electron chi connectivity index (χ3n) is 3.27. The van der Waals surface area contributed by atoms with Crippen LogP contribution in [0.4, 0.5) is 0 Å². The Balaban J connectivity index is 1.91. The van der Waals surface area contributed by atoms with E-state index in [4.69, 9.17) is 4.74 Å². The van der Waals surface area contributed by atoms with Crippen LogP contribution in [-0.2, 0) is 6.42 Å². The number of hydrogen-bond acceptors (Lipinski definition) is 1. The molecule has 0 bridgehead atoms. The molecule has 1 heteroatoms. The van der Waals surface area contributed by atoms with Gasteiger partial charge in [-0.1, -0.05) is 49.2 Å². The van der Waals surface area contributed by atoms with E-state index >= 15 is 0 Å². The summed E-state index contributed by atoms with van der Waals surface area (Å²) in [5.41, 5.74) is 3.34. The van der Waals surface area contributed by atoms with E-state index in [1.807, 2.05) is 24.3 Å². The molecule has 0 N–H and O–H groups in total. The largest absolute Gasteiger partial charge is 0.497 e. The van der Waals surface area contributed by atoms with Crippen molar-refractivity contribution in [2.45, 2.75) is 19.8 Å². The lowest BCUT2D eigenvalue weighted by Gasteiger charge is -1.97. The van der Waals surface area contributed by atoms with Crippen molar-refractivity contribution in [1.82, 2.24) is 0 Å².